The summed E-state index contributed by atoms with van der Waals surface area (Å²) in [6.07, 6.45) is 16.0. The van der Waals surface area contributed by atoms with Crippen molar-refractivity contribution < 1.29 is 32.8 Å². The molecule has 0 atom stereocenters. The van der Waals surface area contributed by atoms with E-state index in [-0.39, 0.29) is 0 Å². The van der Waals surface area contributed by atoms with Gasteiger partial charge in [0.15, 0.2) is 0 Å². The highest BCUT2D eigenvalue weighted by Gasteiger charge is 2.49. The van der Waals surface area contributed by atoms with E-state index in [0.717, 1.165) is 6.07 Å². The second-order valence-electron chi connectivity index (χ2n) is 9.77. The lowest BCUT2D eigenvalue weighted by Gasteiger charge is -2.41. The highest BCUT2D eigenvalue weighted by molar-refractivity contribution is 7.85. The maximum atomic E-state index is 10.8. The fraction of sp³-hybridized carbons (Fsp3) is 0.692. The molecule has 0 amide bonds. The summed E-state index contributed by atoms with van der Waals surface area (Å²) in [5.74, 6) is -2.99. The van der Waals surface area contributed by atoms with E-state index < -0.39 is 45.3 Å². The lowest BCUT2D eigenvalue weighted by atomic mass is 10.1. The Balaban J connectivity index is 0.000000669. The molecule has 0 saturated carbocycles. The first kappa shape index (κ1) is 33.5. The Morgan fingerprint density at radius 1 is 0.771 bits per heavy atom. The van der Waals surface area contributed by atoms with Gasteiger partial charge in [-0.2, -0.15) is 8.42 Å². The van der Waals surface area contributed by atoms with E-state index in [0.29, 0.717) is 17.3 Å². The van der Waals surface area contributed by atoms with Gasteiger partial charge in [-0.25, -0.2) is 9.59 Å². The van der Waals surface area contributed by atoms with Crippen LogP contribution in [-0.2, 0) is 10.1 Å². The number of aromatic carboxylic acids is 2. The highest BCUT2D eigenvalue weighted by atomic mass is 32.2. The second kappa shape index (κ2) is 15.6. The van der Waals surface area contributed by atoms with E-state index in [4.69, 9.17) is 14.8 Å². The van der Waals surface area contributed by atoms with Crippen LogP contribution >= 0.6 is 7.26 Å². The van der Waals surface area contributed by atoms with Crippen molar-refractivity contribution in [2.75, 3.05) is 18.5 Å². The fourth-order valence-corrected chi connectivity index (χ4v) is 11.0. The van der Waals surface area contributed by atoms with E-state index in [1.165, 1.54) is 51.4 Å². The lowest BCUT2D eigenvalue weighted by molar-refractivity contribution is 0.0696. The van der Waals surface area contributed by atoms with Crippen LogP contribution < -0.4 is 0 Å². The van der Waals surface area contributed by atoms with Crippen LogP contribution in [0, 0.1) is 0 Å². The van der Waals surface area contributed by atoms with Gasteiger partial charge in [-0.15, -0.1) is 0 Å². The summed E-state index contributed by atoms with van der Waals surface area (Å²) in [5, 5.41) is 17.8. The zero-order valence-corrected chi connectivity index (χ0v) is 24.1. The average Bonchev–Trinajstić information content (AvgIpc) is 2.78. The topological polar surface area (TPSA) is 129 Å². The van der Waals surface area contributed by atoms with Crippen molar-refractivity contribution in [1.82, 2.24) is 0 Å². The molecule has 0 fully saturated rings. The van der Waals surface area contributed by atoms with E-state index >= 15 is 0 Å². The normalized spacial score (nSPS) is 12.1. The molecule has 7 nitrogen and oxygen atoms in total. The smallest absolute Gasteiger partial charge is 0.335 e. The SMILES string of the molecule is CCCC[P+](CCCC)(CCCC)C(C)(C)CCC.O=C(O)c1cc(C(=O)O)cc(S(=O)(=O)O)c1. The minimum Gasteiger partial charge on any atom is -0.478 e. The van der Waals surface area contributed by atoms with Crippen LogP contribution in [0.4, 0.5) is 0 Å². The van der Waals surface area contributed by atoms with E-state index in [9.17, 15) is 18.0 Å². The Bertz CT molecular complexity index is 856. The van der Waals surface area contributed by atoms with Crippen molar-refractivity contribution in [3.63, 3.8) is 0 Å². The van der Waals surface area contributed by atoms with Crippen molar-refractivity contribution in [2.24, 2.45) is 0 Å². The van der Waals surface area contributed by atoms with Crippen LogP contribution in [0.3, 0.4) is 0 Å². The first-order chi connectivity index (χ1) is 16.2. The summed E-state index contributed by atoms with van der Waals surface area (Å²) >= 11 is 0. The summed E-state index contributed by atoms with van der Waals surface area (Å²) in [6, 6.07) is 2.13. The molecule has 0 saturated heterocycles. The number of hydrogen-bond acceptors (Lipinski definition) is 4. The number of carboxylic acids is 2. The number of hydrogen-bond donors (Lipinski definition) is 3. The highest BCUT2D eigenvalue weighted by Crippen LogP contribution is 2.71. The van der Waals surface area contributed by atoms with Crippen LogP contribution in [-0.4, -0.2) is 58.8 Å². The van der Waals surface area contributed by atoms with Crippen molar-refractivity contribution in [3.8, 4) is 0 Å². The molecule has 0 spiro atoms. The molecule has 9 heteroatoms. The Kier molecular flexibility index (Phi) is 14.9. The zero-order valence-electron chi connectivity index (χ0n) is 22.3. The molecule has 1 aromatic rings. The number of unbranched alkanes of at least 4 members (excludes halogenated alkanes) is 3. The van der Waals surface area contributed by atoms with Gasteiger partial charge in [0.2, 0.25) is 0 Å². The molecule has 0 unspecified atom stereocenters. The molecule has 0 aliphatic carbocycles. The number of carbonyl (C=O) groups is 2. The van der Waals surface area contributed by atoms with Gasteiger partial charge >= 0.3 is 11.9 Å². The van der Waals surface area contributed by atoms with Gasteiger partial charge in [0.05, 0.1) is 39.7 Å². The molecular weight excluding hydrogens is 487 g/mol. The zero-order chi connectivity index (χ0) is 27.3. The van der Waals surface area contributed by atoms with Gasteiger partial charge < -0.3 is 10.2 Å². The molecule has 0 bridgehead atoms. The third-order valence-corrected chi connectivity index (χ3v) is 13.8. The molecule has 35 heavy (non-hydrogen) atoms. The maximum absolute atomic E-state index is 10.8. The van der Waals surface area contributed by atoms with Crippen LogP contribution in [0.2, 0.25) is 0 Å². The van der Waals surface area contributed by atoms with Crippen molar-refractivity contribution >= 4 is 29.3 Å². The third kappa shape index (κ3) is 11.0. The lowest BCUT2D eigenvalue weighted by Crippen LogP contribution is -2.31. The summed E-state index contributed by atoms with van der Waals surface area (Å²) < 4.78 is 30.2. The van der Waals surface area contributed by atoms with E-state index in [1.54, 1.807) is 18.5 Å². The predicted molar refractivity (Wildman–Crippen MR) is 145 cm³/mol. The summed E-state index contributed by atoms with van der Waals surface area (Å²) in [6.45, 7) is 14.7. The molecular formula is C26H46O7PS+. The molecule has 1 rings (SSSR count). The number of benzene rings is 1. The fourth-order valence-electron chi connectivity index (χ4n) is 4.47. The summed E-state index contributed by atoms with van der Waals surface area (Å²) in [4.78, 5) is 20.4. The molecule has 0 heterocycles. The van der Waals surface area contributed by atoms with Gasteiger partial charge in [0.1, 0.15) is 0 Å². The van der Waals surface area contributed by atoms with Crippen LogP contribution in [0.5, 0.6) is 0 Å². The molecule has 0 aliphatic heterocycles. The standard InChI is InChI=1S/C18H40P.C8H6O7S/c1-7-11-15-19(16-12-8-2,17-13-9-3)18(5,6)14-10-4;9-7(10)4-1-5(8(11)12)3-6(2-4)16(13,14)15/h7-17H2,1-6H3;1-3H,(H,9,10)(H,11,12)(H,13,14,15)/q+1;. The summed E-state index contributed by atoms with van der Waals surface area (Å²) in [7, 11) is -5.41. The number of carboxylic acid groups (broad SMARTS) is 2. The number of rotatable bonds is 15. The average molecular weight is 534 g/mol. The Hall–Kier alpha value is -1.50. The third-order valence-electron chi connectivity index (χ3n) is 6.66. The van der Waals surface area contributed by atoms with E-state index in [2.05, 4.69) is 41.5 Å². The largest absolute Gasteiger partial charge is 0.478 e. The molecule has 1 aromatic carbocycles. The van der Waals surface area contributed by atoms with Crippen LogP contribution in [0.25, 0.3) is 0 Å². The maximum Gasteiger partial charge on any atom is 0.335 e. The molecule has 0 aromatic heterocycles. The minimum atomic E-state index is -4.64. The quantitative estimate of drug-likeness (QED) is 0.159. The first-order valence-electron chi connectivity index (χ1n) is 12.7. The molecule has 0 radical (unpaired) electrons. The van der Waals surface area contributed by atoms with Gasteiger partial charge in [-0.1, -0.05) is 53.4 Å². The van der Waals surface area contributed by atoms with E-state index in [1.807, 2.05) is 0 Å². The Morgan fingerprint density at radius 2 is 1.14 bits per heavy atom. The Labute approximate surface area is 212 Å². The van der Waals surface area contributed by atoms with Gasteiger partial charge in [-0.3, -0.25) is 4.55 Å². The van der Waals surface area contributed by atoms with Gasteiger partial charge in [0, 0.05) is 7.26 Å². The first-order valence-corrected chi connectivity index (χ1v) is 16.4. The van der Waals surface area contributed by atoms with Crippen LogP contribution in [0.15, 0.2) is 23.1 Å². The van der Waals surface area contributed by atoms with Gasteiger partial charge in [0.25, 0.3) is 10.1 Å². The molecule has 202 valence electrons. The predicted octanol–water partition coefficient (Wildman–Crippen LogP) is 7.31. The van der Waals surface area contributed by atoms with Gasteiger partial charge in [-0.05, 0) is 57.7 Å². The minimum absolute atomic E-state index is 0.535. The van der Waals surface area contributed by atoms with Crippen molar-refractivity contribution in [1.29, 1.82) is 0 Å². The molecule has 0 aliphatic rings. The Morgan fingerprint density at radius 3 is 1.40 bits per heavy atom. The summed E-state index contributed by atoms with van der Waals surface area (Å²) in [5.41, 5.74) is -1.07. The van der Waals surface area contributed by atoms with Crippen LogP contribution in [0.1, 0.15) is 114 Å². The second-order valence-corrected chi connectivity index (χ2v) is 16.0. The van der Waals surface area contributed by atoms with Crippen molar-refractivity contribution in [2.45, 2.75) is 103 Å². The monoisotopic (exact) mass is 533 g/mol. The van der Waals surface area contributed by atoms with Crippen molar-refractivity contribution in [3.05, 3.63) is 29.3 Å². The molecule has 3 N–H and O–H groups in total.